The molecule has 17 heavy (non-hydrogen) atoms. The van der Waals surface area contributed by atoms with Gasteiger partial charge in [0.1, 0.15) is 0 Å². The molecule has 0 saturated heterocycles. The maximum Gasteiger partial charge on any atom is 0.0531 e. The van der Waals surface area contributed by atoms with Crippen LogP contribution in [0, 0.1) is 5.41 Å². The Bertz CT molecular complexity index is 129. The number of hydrogen-bond acceptors (Lipinski definition) is 5. The Hall–Kier alpha value is -0.200. The number of aliphatic hydroxyl groups excluding tert-OH is 5. The minimum Gasteiger partial charge on any atom is -0.396 e. The molecule has 0 aromatic heterocycles. The second-order valence-electron chi connectivity index (χ2n) is 4.60. The molecule has 0 bridgehead atoms. The molecule has 0 radical (unpaired) electrons. The van der Waals surface area contributed by atoms with Crippen molar-refractivity contribution >= 4 is 0 Å². The predicted molar refractivity (Wildman–Crippen MR) is 66.6 cm³/mol. The van der Waals surface area contributed by atoms with E-state index < -0.39 is 5.41 Å². The SMILES string of the molecule is CC(O)CCC(C)O.CCC(CO)(CO)CO. The minimum absolute atomic E-state index is 0.156. The molecule has 0 amide bonds. The van der Waals surface area contributed by atoms with Crippen LogP contribution in [0.4, 0.5) is 0 Å². The van der Waals surface area contributed by atoms with Gasteiger partial charge in [0.15, 0.2) is 0 Å². The molecule has 0 saturated carbocycles. The van der Waals surface area contributed by atoms with Crippen LogP contribution in [-0.2, 0) is 0 Å². The highest BCUT2D eigenvalue weighted by Gasteiger charge is 2.24. The number of aliphatic hydroxyl groups is 5. The van der Waals surface area contributed by atoms with Crippen LogP contribution in [0.2, 0.25) is 0 Å². The molecule has 5 N–H and O–H groups in total. The Kier molecular flexibility index (Phi) is 12.3. The topological polar surface area (TPSA) is 101 Å². The van der Waals surface area contributed by atoms with Gasteiger partial charge in [0.2, 0.25) is 0 Å². The second-order valence-corrected chi connectivity index (χ2v) is 4.60. The van der Waals surface area contributed by atoms with E-state index in [4.69, 9.17) is 25.5 Å². The van der Waals surface area contributed by atoms with Gasteiger partial charge in [-0.2, -0.15) is 0 Å². The van der Waals surface area contributed by atoms with Crippen molar-refractivity contribution in [3.05, 3.63) is 0 Å². The van der Waals surface area contributed by atoms with Gasteiger partial charge in [-0.25, -0.2) is 0 Å². The summed E-state index contributed by atoms with van der Waals surface area (Å²) >= 11 is 0. The summed E-state index contributed by atoms with van der Waals surface area (Å²) in [6.45, 7) is 4.80. The highest BCUT2D eigenvalue weighted by atomic mass is 16.3. The van der Waals surface area contributed by atoms with E-state index in [1.165, 1.54) is 0 Å². The Morgan fingerprint density at radius 1 is 0.824 bits per heavy atom. The van der Waals surface area contributed by atoms with Gasteiger partial charge in [-0.15, -0.1) is 0 Å². The van der Waals surface area contributed by atoms with E-state index in [1.807, 2.05) is 6.92 Å². The Labute approximate surface area is 104 Å². The highest BCUT2D eigenvalue weighted by Crippen LogP contribution is 2.18. The van der Waals surface area contributed by atoms with Crippen molar-refractivity contribution in [1.29, 1.82) is 0 Å². The quantitative estimate of drug-likeness (QED) is 0.435. The van der Waals surface area contributed by atoms with Gasteiger partial charge in [0.05, 0.1) is 32.0 Å². The molecule has 0 fully saturated rings. The van der Waals surface area contributed by atoms with Crippen molar-refractivity contribution in [2.24, 2.45) is 5.41 Å². The summed E-state index contributed by atoms with van der Waals surface area (Å²) in [7, 11) is 0. The van der Waals surface area contributed by atoms with Gasteiger partial charge in [-0.05, 0) is 33.1 Å². The molecule has 0 aliphatic rings. The van der Waals surface area contributed by atoms with Gasteiger partial charge in [-0.3, -0.25) is 0 Å². The van der Waals surface area contributed by atoms with Gasteiger partial charge in [0, 0.05) is 5.41 Å². The van der Waals surface area contributed by atoms with Crippen molar-refractivity contribution in [3.8, 4) is 0 Å². The molecule has 5 heteroatoms. The molecule has 0 aromatic rings. The fourth-order valence-electron chi connectivity index (χ4n) is 0.968. The first-order chi connectivity index (χ1) is 7.87. The minimum atomic E-state index is -0.667. The average Bonchev–Trinajstić information content (AvgIpc) is 2.31. The van der Waals surface area contributed by atoms with Crippen LogP contribution in [-0.4, -0.2) is 57.6 Å². The summed E-state index contributed by atoms with van der Waals surface area (Å²) in [5.41, 5.74) is -0.667. The normalized spacial score (nSPS) is 14.8. The summed E-state index contributed by atoms with van der Waals surface area (Å²) in [5, 5.41) is 43.3. The zero-order chi connectivity index (χ0) is 13.9. The fraction of sp³-hybridized carbons (Fsp3) is 1.00. The number of rotatable bonds is 7. The van der Waals surface area contributed by atoms with Crippen molar-refractivity contribution < 1.29 is 25.5 Å². The molecule has 0 aliphatic heterocycles. The highest BCUT2D eigenvalue weighted by molar-refractivity contribution is 4.74. The summed E-state index contributed by atoms with van der Waals surface area (Å²) in [4.78, 5) is 0. The lowest BCUT2D eigenvalue weighted by Crippen LogP contribution is -2.32. The molecule has 106 valence electrons. The zero-order valence-electron chi connectivity index (χ0n) is 11.1. The van der Waals surface area contributed by atoms with Crippen LogP contribution in [0.3, 0.4) is 0 Å². The number of hydrogen-bond donors (Lipinski definition) is 5. The van der Waals surface area contributed by atoms with Crippen LogP contribution >= 0.6 is 0 Å². The third-order valence-corrected chi connectivity index (χ3v) is 2.76. The van der Waals surface area contributed by atoms with Gasteiger partial charge in [-0.1, -0.05) is 6.92 Å². The molecule has 5 nitrogen and oxygen atoms in total. The van der Waals surface area contributed by atoms with Crippen molar-refractivity contribution in [2.75, 3.05) is 19.8 Å². The summed E-state index contributed by atoms with van der Waals surface area (Å²) in [5.74, 6) is 0. The maximum absolute atomic E-state index is 8.69. The van der Waals surface area contributed by atoms with Gasteiger partial charge in [0.25, 0.3) is 0 Å². The van der Waals surface area contributed by atoms with E-state index in [2.05, 4.69) is 0 Å². The standard InChI is InChI=1S/C6H14O3.C6H14O2/c1-2-6(3-7,4-8)5-9;1-5(7)3-4-6(2)8/h7-9H,2-5H2,1H3;5-8H,3-4H2,1-2H3. The van der Waals surface area contributed by atoms with Crippen LogP contribution in [0.25, 0.3) is 0 Å². The largest absolute Gasteiger partial charge is 0.396 e. The molecule has 2 unspecified atom stereocenters. The first-order valence-electron chi connectivity index (χ1n) is 6.06. The Morgan fingerprint density at radius 3 is 1.18 bits per heavy atom. The van der Waals surface area contributed by atoms with E-state index in [9.17, 15) is 0 Å². The zero-order valence-corrected chi connectivity index (χ0v) is 11.1. The summed E-state index contributed by atoms with van der Waals surface area (Å²) in [6, 6.07) is 0. The van der Waals surface area contributed by atoms with Crippen molar-refractivity contribution in [1.82, 2.24) is 0 Å². The van der Waals surface area contributed by atoms with E-state index in [1.54, 1.807) is 13.8 Å². The lowest BCUT2D eigenvalue weighted by Gasteiger charge is -2.24. The first-order valence-corrected chi connectivity index (χ1v) is 6.06. The Balaban J connectivity index is 0. The van der Waals surface area contributed by atoms with Gasteiger partial charge < -0.3 is 25.5 Å². The molecular weight excluding hydrogens is 224 g/mol. The van der Waals surface area contributed by atoms with Crippen LogP contribution < -0.4 is 0 Å². The molecule has 2 atom stereocenters. The predicted octanol–water partition coefficient (Wildman–Crippen LogP) is -0.112. The lowest BCUT2D eigenvalue weighted by molar-refractivity contribution is 0.00304. The fourth-order valence-corrected chi connectivity index (χ4v) is 0.968. The third-order valence-electron chi connectivity index (χ3n) is 2.76. The molecule has 0 aliphatic carbocycles. The Morgan fingerprint density at radius 2 is 1.12 bits per heavy atom. The van der Waals surface area contributed by atoms with E-state index >= 15 is 0 Å². The van der Waals surface area contributed by atoms with Crippen LogP contribution in [0.1, 0.15) is 40.0 Å². The van der Waals surface area contributed by atoms with E-state index in [0.29, 0.717) is 19.3 Å². The smallest absolute Gasteiger partial charge is 0.0531 e. The molecule has 0 heterocycles. The lowest BCUT2D eigenvalue weighted by atomic mass is 9.88. The maximum atomic E-state index is 8.69. The van der Waals surface area contributed by atoms with Crippen LogP contribution in [0.15, 0.2) is 0 Å². The van der Waals surface area contributed by atoms with Crippen molar-refractivity contribution in [2.45, 2.75) is 52.2 Å². The van der Waals surface area contributed by atoms with E-state index in [-0.39, 0.29) is 32.0 Å². The molecule has 0 spiro atoms. The summed E-state index contributed by atoms with van der Waals surface area (Å²) < 4.78 is 0. The third kappa shape index (κ3) is 10.7. The first kappa shape index (κ1) is 19.1. The van der Waals surface area contributed by atoms with Gasteiger partial charge >= 0.3 is 0 Å². The summed E-state index contributed by atoms with van der Waals surface area (Å²) in [6.07, 6.45) is 1.43. The van der Waals surface area contributed by atoms with E-state index in [0.717, 1.165) is 0 Å². The average molecular weight is 252 g/mol. The molecule has 0 rings (SSSR count). The molecular formula is C12H28O5. The van der Waals surface area contributed by atoms with Crippen LogP contribution in [0.5, 0.6) is 0 Å². The monoisotopic (exact) mass is 252 g/mol. The molecule has 0 aromatic carbocycles. The second kappa shape index (κ2) is 10.9. The van der Waals surface area contributed by atoms with Crippen molar-refractivity contribution in [3.63, 3.8) is 0 Å².